The van der Waals surface area contributed by atoms with Gasteiger partial charge in [0.2, 0.25) is 0 Å². The van der Waals surface area contributed by atoms with Crippen LogP contribution < -0.4 is 5.73 Å². The van der Waals surface area contributed by atoms with Gasteiger partial charge >= 0.3 is 6.18 Å². The van der Waals surface area contributed by atoms with Gasteiger partial charge < -0.3 is 15.7 Å². The van der Waals surface area contributed by atoms with Crippen molar-refractivity contribution >= 4 is 5.91 Å². The molecule has 0 atom stereocenters. The minimum Gasteiger partial charge on any atom is -0.395 e. The van der Waals surface area contributed by atoms with Gasteiger partial charge in [-0.1, -0.05) is 12.1 Å². The summed E-state index contributed by atoms with van der Waals surface area (Å²) in [4.78, 5) is 12.5. The van der Waals surface area contributed by atoms with Crippen molar-refractivity contribution in [1.82, 2.24) is 4.90 Å². The predicted octanol–water partition coefficient (Wildman–Crippen LogP) is 1.14. The van der Waals surface area contributed by atoms with E-state index in [0.29, 0.717) is 4.90 Å². The molecule has 3 N–H and O–H groups in total. The number of amides is 1. The second-order valence-corrected chi connectivity index (χ2v) is 3.97. The minimum atomic E-state index is -4.50. The van der Waals surface area contributed by atoms with Crippen LogP contribution in [0, 0.1) is 0 Å². The number of aliphatic hydroxyl groups is 1. The van der Waals surface area contributed by atoms with E-state index < -0.39 is 25.2 Å². The maximum atomic E-state index is 12.3. The number of carbonyl (C=O) groups is 1. The number of hydrogen-bond donors (Lipinski definition) is 2. The average molecular weight is 276 g/mol. The normalized spacial score (nSPS) is 11.4. The third-order valence-electron chi connectivity index (χ3n) is 2.46. The van der Waals surface area contributed by atoms with E-state index in [1.54, 1.807) is 12.1 Å². The first-order valence-corrected chi connectivity index (χ1v) is 5.63. The van der Waals surface area contributed by atoms with Crippen LogP contribution in [-0.2, 0) is 6.54 Å². The van der Waals surface area contributed by atoms with Gasteiger partial charge in [-0.2, -0.15) is 13.2 Å². The number of hydrogen-bond acceptors (Lipinski definition) is 3. The first kappa shape index (κ1) is 15.5. The number of carbonyl (C=O) groups excluding carboxylic acids is 1. The Kier molecular flexibility index (Phi) is 5.31. The second-order valence-electron chi connectivity index (χ2n) is 3.97. The molecule has 0 saturated carbocycles. The molecule has 106 valence electrons. The van der Waals surface area contributed by atoms with E-state index in [1.165, 1.54) is 12.1 Å². The van der Waals surface area contributed by atoms with Crippen LogP contribution >= 0.6 is 0 Å². The van der Waals surface area contributed by atoms with Gasteiger partial charge in [0.05, 0.1) is 6.61 Å². The van der Waals surface area contributed by atoms with Crippen LogP contribution in [0.4, 0.5) is 13.2 Å². The fraction of sp³-hybridized carbons (Fsp3) is 0.417. The lowest BCUT2D eigenvalue weighted by Gasteiger charge is -2.23. The van der Waals surface area contributed by atoms with E-state index in [9.17, 15) is 18.0 Å². The Labute approximate surface area is 108 Å². The van der Waals surface area contributed by atoms with Crippen LogP contribution in [-0.4, -0.2) is 41.8 Å². The van der Waals surface area contributed by atoms with Crippen molar-refractivity contribution in [2.24, 2.45) is 5.73 Å². The molecule has 1 aromatic rings. The van der Waals surface area contributed by atoms with Crippen molar-refractivity contribution in [2.75, 3.05) is 19.7 Å². The molecule has 0 saturated heterocycles. The van der Waals surface area contributed by atoms with Gasteiger partial charge in [-0.15, -0.1) is 0 Å². The van der Waals surface area contributed by atoms with Crippen LogP contribution in [0.1, 0.15) is 15.9 Å². The first-order chi connectivity index (χ1) is 8.87. The molecule has 0 aliphatic rings. The largest absolute Gasteiger partial charge is 0.406 e. The molecule has 7 heteroatoms. The van der Waals surface area contributed by atoms with Crippen LogP contribution in [0.5, 0.6) is 0 Å². The number of nitrogens with two attached hydrogens (primary N) is 1. The summed E-state index contributed by atoms with van der Waals surface area (Å²) in [6, 6.07) is 6.01. The fourth-order valence-corrected chi connectivity index (χ4v) is 1.56. The van der Waals surface area contributed by atoms with E-state index in [-0.39, 0.29) is 18.7 Å². The number of rotatable bonds is 5. The smallest absolute Gasteiger partial charge is 0.395 e. The van der Waals surface area contributed by atoms with E-state index >= 15 is 0 Å². The average Bonchev–Trinajstić information content (AvgIpc) is 2.36. The molecule has 1 amide bonds. The van der Waals surface area contributed by atoms with Crippen molar-refractivity contribution in [3.8, 4) is 0 Å². The zero-order valence-corrected chi connectivity index (χ0v) is 10.2. The van der Waals surface area contributed by atoms with Gasteiger partial charge in [-0.3, -0.25) is 4.79 Å². The topological polar surface area (TPSA) is 66.6 Å². The summed E-state index contributed by atoms with van der Waals surface area (Å²) in [5.41, 5.74) is 6.30. The molecule has 0 bridgehead atoms. The Balaban J connectivity index is 2.85. The summed E-state index contributed by atoms with van der Waals surface area (Å²) in [7, 11) is 0. The van der Waals surface area contributed by atoms with E-state index in [4.69, 9.17) is 10.8 Å². The molecule has 0 radical (unpaired) electrons. The molecular weight excluding hydrogens is 261 g/mol. The zero-order valence-electron chi connectivity index (χ0n) is 10.2. The van der Waals surface area contributed by atoms with E-state index in [0.717, 1.165) is 5.56 Å². The monoisotopic (exact) mass is 276 g/mol. The quantitative estimate of drug-likeness (QED) is 0.847. The Morgan fingerprint density at radius 2 is 1.84 bits per heavy atom. The lowest BCUT2D eigenvalue weighted by Crippen LogP contribution is -2.40. The molecule has 0 aliphatic carbocycles. The van der Waals surface area contributed by atoms with Crippen molar-refractivity contribution < 1.29 is 23.1 Å². The molecule has 0 aliphatic heterocycles. The molecule has 19 heavy (non-hydrogen) atoms. The predicted molar refractivity (Wildman–Crippen MR) is 63.4 cm³/mol. The highest BCUT2D eigenvalue weighted by Crippen LogP contribution is 2.18. The van der Waals surface area contributed by atoms with Gasteiger partial charge in [0.25, 0.3) is 5.91 Å². The van der Waals surface area contributed by atoms with E-state index in [2.05, 4.69) is 0 Å². The van der Waals surface area contributed by atoms with Crippen LogP contribution in [0.3, 0.4) is 0 Å². The SMILES string of the molecule is NCc1ccc(C(=O)N(CCO)CC(F)(F)F)cc1. The molecule has 0 spiro atoms. The number of nitrogens with zero attached hydrogens (tertiary/aromatic N) is 1. The van der Waals surface area contributed by atoms with Gasteiger partial charge in [-0.05, 0) is 17.7 Å². The summed E-state index contributed by atoms with van der Waals surface area (Å²) in [6.07, 6.45) is -4.50. The third kappa shape index (κ3) is 4.88. The highest BCUT2D eigenvalue weighted by Gasteiger charge is 2.33. The van der Waals surface area contributed by atoms with Crippen LogP contribution in [0.2, 0.25) is 0 Å². The molecule has 0 unspecified atom stereocenters. The van der Waals surface area contributed by atoms with Crippen LogP contribution in [0.15, 0.2) is 24.3 Å². The van der Waals surface area contributed by atoms with Crippen LogP contribution in [0.25, 0.3) is 0 Å². The van der Waals surface area contributed by atoms with Crippen molar-refractivity contribution in [1.29, 1.82) is 0 Å². The first-order valence-electron chi connectivity index (χ1n) is 5.63. The molecule has 0 fully saturated rings. The Bertz CT molecular complexity index is 418. The maximum Gasteiger partial charge on any atom is 0.406 e. The lowest BCUT2D eigenvalue weighted by atomic mass is 10.1. The van der Waals surface area contributed by atoms with E-state index in [1.807, 2.05) is 0 Å². The van der Waals surface area contributed by atoms with Gasteiger partial charge in [0.1, 0.15) is 6.54 Å². The Morgan fingerprint density at radius 3 is 2.26 bits per heavy atom. The van der Waals surface area contributed by atoms with Gasteiger partial charge in [0, 0.05) is 18.7 Å². The van der Waals surface area contributed by atoms with Crippen molar-refractivity contribution in [3.63, 3.8) is 0 Å². The summed E-state index contributed by atoms with van der Waals surface area (Å²) in [5.74, 6) is -0.769. The highest BCUT2D eigenvalue weighted by molar-refractivity contribution is 5.94. The molecule has 1 rings (SSSR count). The number of aliphatic hydroxyl groups excluding tert-OH is 1. The molecular formula is C12H15F3N2O2. The Morgan fingerprint density at radius 1 is 1.26 bits per heavy atom. The molecule has 0 heterocycles. The Hall–Kier alpha value is -1.60. The summed E-state index contributed by atoms with van der Waals surface area (Å²) >= 11 is 0. The van der Waals surface area contributed by atoms with Gasteiger partial charge in [-0.25, -0.2) is 0 Å². The lowest BCUT2D eigenvalue weighted by molar-refractivity contribution is -0.141. The molecule has 4 nitrogen and oxygen atoms in total. The fourth-order valence-electron chi connectivity index (χ4n) is 1.56. The number of halogens is 3. The second kappa shape index (κ2) is 6.53. The van der Waals surface area contributed by atoms with Crippen molar-refractivity contribution in [3.05, 3.63) is 35.4 Å². The summed E-state index contributed by atoms with van der Waals surface area (Å²) in [6.45, 7) is -1.98. The maximum absolute atomic E-state index is 12.3. The molecule has 0 aromatic heterocycles. The highest BCUT2D eigenvalue weighted by atomic mass is 19.4. The standard InChI is InChI=1S/C12H15F3N2O2/c13-12(14,15)8-17(5-6-18)11(19)10-3-1-9(7-16)2-4-10/h1-4,18H,5-8,16H2. The van der Waals surface area contributed by atoms with Crippen molar-refractivity contribution in [2.45, 2.75) is 12.7 Å². The third-order valence-corrected chi connectivity index (χ3v) is 2.46. The zero-order chi connectivity index (χ0) is 14.5. The summed E-state index contributed by atoms with van der Waals surface area (Å²) < 4.78 is 37.0. The number of benzene rings is 1. The minimum absolute atomic E-state index is 0.134. The summed E-state index contributed by atoms with van der Waals surface area (Å²) in [5, 5.41) is 8.73. The molecule has 1 aromatic carbocycles. The van der Waals surface area contributed by atoms with Gasteiger partial charge in [0.15, 0.2) is 0 Å². The number of alkyl halides is 3.